The quantitative estimate of drug-likeness (QED) is 0.885. The average Bonchev–Trinajstić information content (AvgIpc) is 2.85. The molecule has 0 radical (unpaired) electrons. The van der Waals surface area contributed by atoms with Crippen LogP contribution in [0, 0.1) is 5.92 Å². The van der Waals surface area contributed by atoms with Gasteiger partial charge in [0, 0.05) is 24.7 Å². The zero-order valence-electron chi connectivity index (χ0n) is 12.4. The van der Waals surface area contributed by atoms with E-state index in [-0.39, 0.29) is 6.61 Å². The van der Waals surface area contributed by atoms with Crippen LogP contribution < -0.4 is 10.2 Å². The molecule has 0 amide bonds. The lowest BCUT2D eigenvalue weighted by atomic mass is 9.86. The molecule has 1 saturated heterocycles. The van der Waals surface area contributed by atoms with Gasteiger partial charge >= 0.3 is 0 Å². The van der Waals surface area contributed by atoms with Crippen molar-refractivity contribution in [1.29, 1.82) is 0 Å². The fraction of sp³-hybridized carbons (Fsp3) is 0.647. The maximum atomic E-state index is 9.38. The van der Waals surface area contributed by atoms with Crippen LogP contribution in [0.2, 0.25) is 0 Å². The summed E-state index contributed by atoms with van der Waals surface area (Å²) in [4.78, 5) is 2.48. The second-order valence-corrected chi connectivity index (χ2v) is 6.23. The van der Waals surface area contributed by atoms with Gasteiger partial charge in [0.05, 0.1) is 6.61 Å². The molecule has 2 atom stereocenters. The second-order valence-electron chi connectivity index (χ2n) is 6.23. The molecule has 2 unspecified atom stereocenters. The molecule has 2 aliphatic rings. The predicted molar refractivity (Wildman–Crippen MR) is 83.2 cm³/mol. The monoisotopic (exact) mass is 274 g/mol. The summed E-state index contributed by atoms with van der Waals surface area (Å²) in [6.45, 7) is 6.97. The molecule has 2 aliphatic heterocycles. The topological polar surface area (TPSA) is 35.5 Å². The van der Waals surface area contributed by atoms with Gasteiger partial charge in [-0.05, 0) is 62.4 Å². The smallest absolute Gasteiger partial charge is 0.0681 e. The summed E-state index contributed by atoms with van der Waals surface area (Å²) in [7, 11) is 0. The first-order chi connectivity index (χ1) is 9.81. The number of fused-ring (bicyclic) bond motifs is 1. The molecule has 1 aromatic carbocycles. The van der Waals surface area contributed by atoms with Crippen LogP contribution in [0.1, 0.15) is 43.2 Å². The van der Waals surface area contributed by atoms with Crippen LogP contribution in [0.25, 0.3) is 0 Å². The van der Waals surface area contributed by atoms with Gasteiger partial charge in [-0.15, -0.1) is 0 Å². The van der Waals surface area contributed by atoms with Crippen LogP contribution in [0.15, 0.2) is 18.2 Å². The van der Waals surface area contributed by atoms with E-state index in [1.54, 1.807) is 0 Å². The molecule has 0 bridgehead atoms. The Morgan fingerprint density at radius 3 is 3.00 bits per heavy atom. The SMILES string of the molecule is CCN1CC(CC2CCCNC2)c2cc(CO)ccc21. The number of likely N-dealkylation sites (N-methyl/N-ethyl adjacent to an activating group) is 1. The minimum Gasteiger partial charge on any atom is -0.392 e. The highest BCUT2D eigenvalue weighted by Gasteiger charge is 2.30. The first kappa shape index (κ1) is 13.9. The third kappa shape index (κ3) is 2.70. The number of aliphatic hydroxyl groups excluding tert-OH is 1. The zero-order valence-corrected chi connectivity index (χ0v) is 12.4. The summed E-state index contributed by atoms with van der Waals surface area (Å²) >= 11 is 0. The highest BCUT2D eigenvalue weighted by Crippen LogP contribution is 2.40. The van der Waals surface area contributed by atoms with Crippen LogP contribution in [-0.4, -0.2) is 31.3 Å². The summed E-state index contributed by atoms with van der Waals surface area (Å²) in [6, 6.07) is 6.49. The minimum absolute atomic E-state index is 0.150. The van der Waals surface area contributed by atoms with Gasteiger partial charge < -0.3 is 15.3 Å². The van der Waals surface area contributed by atoms with E-state index in [1.807, 2.05) is 0 Å². The average molecular weight is 274 g/mol. The maximum absolute atomic E-state index is 9.38. The molecule has 2 heterocycles. The molecular formula is C17H26N2O. The summed E-state index contributed by atoms with van der Waals surface area (Å²) in [5.41, 5.74) is 3.90. The van der Waals surface area contributed by atoms with Crippen molar-refractivity contribution in [3.05, 3.63) is 29.3 Å². The van der Waals surface area contributed by atoms with Gasteiger partial charge in [-0.1, -0.05) is 12.1 Å². The molecule has 0 saturated carbocycles. The largest absolute Gasteiger partial charge is 0.392 e. The summed E-state index contributed by atoms with van der Waals surface area (Å²) in [6.07, 6.45) is 3.97. The van der Waals surface area contributed by atoms with Gasteiger partial charge in [-0.2, -0.15) is 0 Å². The van der Waals surface area contributed by atoms with Gasteiger partial charge in [0.2, 0.25) is 0 Å². The van der Waals surface area contributed by atoms with Crippen molar-refractivity contribution in [2.45, 2.75) is 38.7 Å². The van der Waals surface area contributed by atoms with Gasteiger partial charge in [-0.25, -0.2) is 0 Å². The Morgan fingerprint density at radius 2 is 2.30 bits per heavy atom. The van der Waals surface area contributed by atoms with E-state index in [9.17, 15) is 5.11 Å². The lowest BCUT2D eigenvalue weighted by Crippen LogP contribution is -2.31. The van der Waals surface area contributed by atoms with E-state index in [0.29, 0.717) is 5.92 Å². The number of nitrogens with zero attached hydrogens (tertiary/aromatic N) is 1. The van der Waals surface area contributed by atoms with E-state index >= 15 is 0 Å². The molecule has 2 N–H and O–H groups in total. The molecule has 3 heteroatoms. The Labute approximate surface area is 122 Å². The molecule has 1 fully saturated rings. The predicted octanol–water partition coefficient (Wildman–Crippen LogP) is 2.49. The number of hydrogen-bond donors (Lipinski definition) is 2. The van der Waals surface area contributed by atoms with Crippen LogP contribution >= 0.6 is 0 Å². The molecule has 0 spiro atoms. The number of anilines is 1. The Balaban J connectivity index is 1.79. The fourth-order valence-corrected chi connectivity index (χ4v) is 3.81. The standard InChI is InChI=1S/C17H26N2O/c1-2-19-11-15(8-13-4-3-7-18-10-13)16-9-14(12-20)5-6-17(16)19/h5-6,9,13,15,18,20H,2-4,7-8,10-12H2,1H3. The van der Waals surface area contributed by atoms with Gasteiger partial charge in [-0.3, -0.25) is 0 Å². The lowest BCUT2D eigenvalue weighted by Gasteiger charge is -2.26. The summed E-state index contributed by atoms with van der Waals surface area (Å²) in [5.74, 6) is 1.46. The van der Waals surface area contributed by atoms with Crippen LogP contribution in [-0.2, 0) is 6.61 Å². The van der Waals surface area contributed by atoms with Crippen molar-refractivity contribution in [2.24, 2.45) is 5.92 Å². The van der Waals surface area contributed by atoms with Crippen molar-refractivity contribution in [3.8, 4) is 0 Å². The number of benzene rings is 1. The Bertz CT molecular complexity index is 454. The van der Waals surface area contributed by atoms with E-state index in [2.05, 4.69) is 35.3 Å². The number of aliphatic hydroxyl groups is 1. The lowest BCUT2D eigenvalue weighted by molar-refractivity contribution is 0.281. The molecular weight excluding hydrogens is 248 g/mol. The highest BCUT2D eigenvalue weighted by molar-refractivity contribution is 5.61. The molecule has 20 heavy (non-hydrogen) atoms. The van der Waals surface area contributed by atoms with Crippen molar-refractivity contribution >= 4 is 5.69 Å². The van der Waals surface area contributed by atoms with E-state index in [4.69, 9.17) is 0 Å². The first-order valence-electron chi connectivity index (χ1n) is 8.01. The number of hydrogen-bond acceptors (Lipinski definition) is 3. The maximum Gasteiger partial charge on any atom is 0.0681 e. The molecule has 3 nitrogen and oxygen atoms in total. The van der Waals surface area contributed by atoms with Crippen LogP contribution in [0.3, 0.4) is 0 Å². The van der Waals surface area contributed by atoms with Crippen molar-refractivity contribution in [1.82, 2.24) is 5.32 Å². The highest BCUT2D eigenvalue weighted by atomic mass is 16.3. The molecule has 3 rings (SSSR count). The summed E-state index contributed by atoms with van der Waals surface area (Å²) < 4.78 is 0. The minimum atomic E-state index is 0.150. The van der Waals surface area contributed by atoms with Crippen LogP contribution in [0.5, 0.6) is 0 Å². The molecule has 0 aliphatic carbocycles. The third-order valence-corrected chi connectivity index (χ3v) is 4.89. The van der Waals surface area contributed by atoms with Crippen LogP contribution in [0.4, 0.5) is 5.69 Å². The third-order valence-electron chi connectivity index (χ3n) is 4.89. The Kier molecular flexibility index (Phi) is 4.27. The zero-order chi connectivity index (χ0) is 13.9. The number of rotatable bonds is 4. The fourth-order valence-electron chi connectivity index (χ4n) is 3.81. The molecule has 1 aromatic rings. The van der Waals surface area contributed by atoms with E-state index in [0.717, 1.165) is 24.6 Å². The summed E-state index contributed by atoms with van der Waals surface area (Å²) in [5, 5.41) is 12.9. The van der Waals surface area contributed by atoms with Gasteiger partial charge in [0.15, 0.2) is 0 Å². The molecule has 110 valence electrons. The Hall–Kier alpha value is -1.06. The van der Waals surface area contributed by atoms with E-state index in [1.165, 1.54) is 43.6 Å². The van der Waals surface area contributed by atoms with E-state index < -0.39 is 0 Å². The van der Waals surface area contributed by atoms with Crippen molar-refractivity contribution in [3.63, 3.8) is 0 Å². The Morgan fingerprint density at radius 1 is 1.40 bits per heavy atom. The number of piperidine rings is 1. The second kappa shape index (κ2) is 6.15. The first-order valence-corrected chi connectivity index (χ1v) is 8.01. The van der Waals surface area contributed by atoms with Crippen molar-refractivity contribution in [2.75, 3.05) is 31.1 Å². The number of nitrogens with one attached hydrogen (secondary N) is 1. The normalized spacial score (nSPS) is 25.8. The van der Waals surface area contributed by atoms with Crippen molar-refractivity contribution < 1.29 is 5.11 Å². The molecule has 0 aromatic heterocycles. The van der Waals surface area contributed by atoms with Gasteiger partial charge in [0.25, 0.3) is 0 Å². The van der Waals surface area contributed by atoms with Gasteiger partial charge in [0.1, 0.15) is 0 Å².